The minimum absolute atomic E-state index is 0.188. The average molecular weight is 187 g/mol. The summed E-state index contributed by atoms with van der Waals surface area (Å²) < 4.78 is 0. The SMILES string of the molecule is CS[C@H]1CN2CCC[C@@]2(CO)C1. The summed E-state index contributed by atoms with van der Waals surface area (Å²) in [5, 5.41) is 10.2. The third-order valence-corrected chi connectivity index (χ3v) is 4.38. The molecule has 2 rings (SSSR count). The molecule has 0 saturated carbocycles. The third-order valence-electron chi connectivity index (χ3n) is 3.40. The summed E-state index contributed by atoms with van der Waals surface area (Å²) >= 11 is 1.95. The van der Waals surface area contributed by atoms with Gasteiger partial charge in [-0.25, -0.2) is 0 Å². The number of hydrogen-bond acceptors (Lipinski definition) is 3. The largest absolute Gasteiger partial charge is 0.394 e. The Balaban J connectivity index is 2.09. The normalized spacial score (nSPS) is 42.0. The Kier molecular flexibility index (Phi) is 2.36. The summed E-state index contributed by atoms with van der Waals surface area (Å²) in [4.78, 5) is 2.49. The Morgan fingerprint density at radius 2 is 2.50 bits per heavy atom. The molecule has 0 aromatic carbocycles. The highest BCUT2D eigenvalue weighted by atomic mass is 32.2. The molecule has 2 heterocycles. The van der Waals surface area contributed by atoms with Crippen LogP contribution in [-0.2, 0) is 0 Å². The van der Waals surface area contributed by atoms with Crippen molar-refractivity contribution in [1.29, 1.82) is 0 Å². The molecule has 2 fully saturated rings. The van der Waals surface area contributed by atoms with Crippen LogP contribution in [0.15, 0.2) is 0 Å². The van der Waals surface area contributed by atoms with E-state index in [1.807, 2.05) is 11.8 Å². The van der Waals surface area contributed by atoms with Crippen molar-refractivity contribution >= 4 is 11.8 Å². The second-order valence-electron chi connectivity index (χ2n) is 3.99. The molecule has 0 unspecified atom stereocenters. The second kappa shape index (κ2) is 3.20. The molecule has 3 heteroatoms. The summed E-state index contributed by atoms with van der Waals surface area (Å²) in [6, 6.07) is 0. The summed E-state index contributed by atoms with van der Waals surface area (Å²) in [5.74, 6) is 0. The summed E-state index contributed by atoms with van der Waals surface area (Å²) in [7, 11) is 0. The Labute approximate surface area is 78.3 Å². The first kappa shape index (κ1) is 8.85. The van der Waals surface area contributed by atoms with Crippen LogP contribution in [0.1, 0.15) is 19.3 Å². The zero-order valence-electron chi connectivity index (χ0n) is 7.62. The van der Waals surface area contributed by atoms with Gasteiger partial charge in [0, 0.05) is 17.3 Å². The molecule has 1 N–H and O–H groups in total. The van der Waals surface area contributed by atoms with Gasteiger partial charge in [-0.2, -0.15) is 11.8 Å². The Hall–Kier alpha value is 0.270. The van der Waals surface area contributed by atoms with Crippen LogP contribution in [0.25, 0.3) is 0 Å². The van der Waals surface area contributed by atoms with Crippen LogP contribution in [-0.4, -0.2) is 46.7 Å². The lowest BCUT2D eigenvalue weighted by molar-refractivity contribution is 0.0999. The van der Waals surface area contributed by atoms with Crippen molar-refractivity contribution < 1.29 is 5.11 Å². The van der Waals surface area contributed by atoms with E-state index >= 15 is 0 Å². The van der Waals surface area contributed by atoms with E-state index in [1.165, 1.54) is 32.4 Å². The molecule has 0 radical (unpaired) electrons. The van der Waals surface area contributed by atoms with Gasteiger partial charge in [0.05, 0.1) is 6.61 Å². The van der Waals surface area contributed by atoms with Crippen LogP contribution in [0.3, 0.4) is 0 Å². The molecule has 2 nitrogen and oxygen atoms in total. The van der Waals surface area contributed by atoms with Crippen LogP contribution in [0, 0.1) is 0 Å². The van der Waals surface area contributed by atoms with E-state index in [0.717, 1.165) is 5.25 Å². The maximum Gasteiger partial charge on any atom is 0.0615 e. The van der Waals surface area contributed by atoms with Crippen molar-refractivity contribution in [2.75, 3.05) is 26.0 Å². The van der Waals surface area contributed by atoms with Crippen molar-refractivity contribution in [2.24, 2.45) is 0 Å². The summed E-state index contributed by atoms with van der Waals surface area (Å²) in [5.41, 5.74) is 0.188. The lowest BCUT2D eigenvalue weighted by Gasteiger charge is -2.29. The highest BCUT2D eigenvalue weighted by Crippen LogP contribution is 2.41. The van der Waals surface area contributed by atoms with Gasteiger partial charge in [-0.3, -0.25) is 4.90 Å². The smallest absolute Gasteiger partial charge is 0.0615 e. The van der Waals surface area contributed by atoms with E-state index in [4.69, 9.17) is 0 Å². The van der Waals surface area contributed by atoms with Crippen LogP contribution in [0.2, 0.25) is 0 Å². The fourth-order valence-electron chi connectivity index (χ4n) is 2.65. The van der Waals surface area contributed by atoms with Gasteiger partial charge in [0.25, 0.3) is 0 Å². The number of hydrogen-bond donors (Lipinski definition) is 1. The fourth-order valence-corrected chi connectivity index (χ4v) is 3.45. The molecular formula is C9H17NOS. The van der Waals surface area contributed by atoms with Gasteiger partial charge in [-0.05, 0) is 32.1 Å². The van der Waals surface area contributed by atoms with Gasteiger partial charge in [-0.1, -0.05) is 0 Å². The van der Waals surface area contributed by atoms with Crippen molar-refractivity contribution in [2.45, 2.75) is 30.1 Å². The minimum atomic E-state index is 0.188. The maximum absolute atomic E-state index is 9.39. The van der Waals surface area contributed by atoms with Gasteiger partial charge in [0.1, 0.15) is 0 Å². The maximum atomic E-state index is 9.39. The van der Waals surface area contributed by atoms with Crippen molar-refractivity contribution in [3.63, 3.8) is 0 Å². The predicted molar refractivity (Wildman–Crippen MR) is 52.5 cm³/mol. The lowest BCUT2D eigenvalue weighted by Crippen LogP contribution is -2.41. The molecule has 2 aliphatic heterocycles. The molecule has 2 aliphatic rings. The van der Waals surface area contributed by atoms with E-state index in [1.54, 1.807) is 0 Å². The molecule has 0 aliphatic carbocycles. The summed E-state index contributed by atoms with van der Waals surface area (Å²) in [6.45, 7) is 2.77. The molecule has 70 valence electrons. The van der Waals surface area contributed by atoms with E-state index in [0.29, 0.717) is 6.61 Å². The monoisotopic (exact) mass is 187 g/mol. The first-order valence-electron chi connectivity index (χ1n) is 4.69. The van der Waals surface area contributed by atoms with Crippen molar-refractivity contribution in [3.05, 3.63) is 0 Å². The van der Waals surface area contributed by atoms with Gasteiger partial charge < -0.3 is 5.11 Å². The molecule has 0 aromatic heterocycles. The van der Waals surface area contributed by atoms with E-state index in [9.17, 15) is 5.11 Å². The molecule has 0 bridgehead atoms. The molecule has 12 heavy (non-hydrogen) atoms. The number of rotatable bonds is 2. The molecule has 0 amide bonds. The zero-order valence-corrected chi connectivity index (χ0v) is 8.44. The quantitative estimate of drug-likeness (QED) is 0.696. The number of fused-ring (bicyclic) bond motifs is 1. The summed E-state index contributed by atoms with van der Waals surface area (Å²) in [6.07, 6.45) is 5.87. The molecule has 2 saturated heterocycles. The minimum Gasteiger partial charge on any atom is -0.394 e. The average Bonchev–Trinajstić information content (AvgIpc) is 2.58. The van der Waals surface area contributed by atoms with Gasteiger partial charge >= 0.3 is 0 Å². The van der Waals surface area contributed by atoms with E-state index < -0.39 is 0 Å². The molecule has 0 spiro atoms. The van der Waals surface area contributed by atoms with Gasteiger partial charge in [0.2, 0.25) is 0 Å². The van der Waals surface area contributed by atoms with Crippen LogP contribution < -0.4 is 0 Å². The Morgan fingerprint density at radius 3 is 3.08 bits per heavy atom. The highest BCUT2D eigenvalue weighted by molar-refractivity contribution is 7.99. The Bertz CT molecular complexity index is 176. The number of nitrogens with zero attached hydrogens (tertiary/aromatic N) is 1. The van der Waals surface area contributed by atoms with Gasteiger partial charge in [0.15, 0.2) is 0 Å². The Morgan fingerprint density at radius 1 is 1.67 bits per heavy atom. The zero-order chi connectivity index (χ0) is 8.60. The predicted octanol–water partition coefficient (Wildman–Crippen LogP) is 0.949. The fraction of sp³-hybridized carbons (Fsp3) is 1.00. The van der Waals surface area contributed by atoms with Crippen molar-refractivity contribution in [3.8, 4) is 0 Å². The molecule has 0 aromatic rings. The van der Waals surface area contributed by atoms with Crippen molar-refractivity contribution in [1.82, 2.24) is 4.90 Å². The number of thioether (sulfide) groups is 1. The van der Waals surface area contributed by atoms with E-state index in [2.05, 4.69) is 11.2 Å². The second-order valence-corrected chi connectivity index (χ2v) is 5.13. The first-order valence-corrected chi connectivity index (χ1v) is 5.98. The third kappa shape index (κ3) is 1.19. The lowest BCUT2D eigenvalue weighted by atomic mass is 9.95. The standard InChI is InChI=1S/C9H17NOS/c1-12-8-5-9(7-11)3-2-4-10(9)6-8/h8,11H,2-7H2,1H3/t8-,9+/m1/s1. The number of aliphatic hydroxyl groups is 1. The highest BCUT2D eigenvalue weighted by Gasteiger charge is 2.47. The first-order chi connectivity index (χ1) is 5.80. The van der Waals surface area contributed by atoms with Crippen LogP contribution in [0.4, 0.5) is 0 Å². The van der Waals surface area contributed by atoms with Crippen LogP contribution >= 0.6 is 11.8 Å². The molecular weight excluding hydrogens is 170 g/mol. The van der Waals surface area contributed by atoms with Crippen LogP contribution in [0.5, 0.6) is 0 Å². The topological polar surface area (TPSA) is 23.5 Å². The molecule has 2 atom stereocenters. The van der Waals surface area contributed by atoms with Gasteiger partial charge in [-0.15, -0.1) is 0 Å². The van der Waals surface area contributed by atoms with E-state index in [-0.39, 0.29) is 5.54 Å². The number of aliphatic hydroxyl groups excluding tert-OH is 1.